The van der Waals surface area contributed by atoms with Crippen molar-refractivity contribution in [1.29, 1.82) is 0 Å². The molecule has 0 fully saturated rings. The largest absolute Gasteiger partial charge is 0.481 e. The van der Waals surface area contributed by atoms with Gasteiger partial charge in [-0.15, -0.1) is 6.58 Å². The van der Waals surface area contributed by atoms with E-state index in [1.165, 1.54) is 31.8 Å². The van der Waals surface area contributed by atoms with Crippen LogP contribution in [0.25, 0.3) is 0 Å². The highest BCUT2D eigenvalue weighted by atomic mass is 32.2. The standard InChI is InChI=1S/C20H30O5S/c1-4-6-7-8-9-10-11-15-19(25-26(3,23)24)16-13-12-14-18(5-2)17-20(21)22/h5,18-19H,2,4,6-11,15,17H2,1,3H3,(H,21,22)/t18-,19+/m0/s1. The topological polar surface area (TPSA) is 80.7 Å². The van der Waals surface area contributed by atoms with E-state index in [9.17, 15) is 13.2 Å². The number of hydrogen-bond donors (Lipinski definition) is 1. The van der Waals surface area contributed by atoms with Crippen molar-refractivity contribution in [3.63, 3.8) is 0 Å². The second kappa shape index (κ2) is 14.4. The average molecular weight is 383 g/mol. The molecule has 26 heavy (non-hydrogen) atoms. The molecule has 146 valence electrons. The van der Waals surface area contributed by atoms with Crippen LogP contribution in [-0.4, -0.2) is 31.9 Å². The van der Waals surface area contributed by atoms with Crippen LogP contribution in [0.4, 0.5) is 0 Å². The lowest BCUT2D eigenvalue weighted by atomic mass is 10.1. The Morgan fingerprint density at radius 1 is 1.12 bits per heavy atom. The Balaban J connectivity index is 4.57. The maximum Gasteiger partial charge on any atom is 0.304 e. The second-order valence-corrected chi connectivity index (χ2v) is 7.78. The summed E-state index contributed by atoms with van der Waals surface area (Å²) in [5.74, 6) is 9.09. The quantitative estimate of drug-likeness (QED) is 0.227. The first-order valence-corrected chi connectivity index (χ1v) is 10.8. The molecule has 0 aromatic heterocycles. The summed E-state index contributed by atoms with van der Waals surface area (Å²) in [7, 11) is -3.60. The van der Waals surface area contributed by atoms with Crippen LogP contribution in [0.3, 0.4) is 0 Å². The number of unbranched alkanes of at least 4 members (excludes halogenated alkanes) is 6. The van der Waals surface area contributed by atoms with Gasteiger partial charge in [0.15, 0.2) is 0 Å². The van der Waals surface area contributed by atoms with E-state index in [4.69, 9.17) is 9.29 Å². The molecule has 0 aliphatic heterocycles. The molecular formula is C20H30O5S. The molecule has 0 spiro atoms. The zero-order chi connectivity index (χ0) is 19.8. The summed E-state index contributed by atoms with van der Waals surface area (Å²) in [5.41, 5.74) is 0. The van der Waals surface area contributed by atoms with Gasteiger partial charge in [0.1, 0.15) is 6.10 Å². The van der Waals surface area contributed by atoms with Crippen LogP contribution in [0.5, 0.6) is 0 Å². The number of hydrogen-bond acceptors (Lipinski definition) is 4. The van der Waals surface area contributed by atoms with E-state index < -0.39 is 28.1 Å². The van der Waals surface area contributed by atoms with E-state index in [0.717, 1.165) is 25.5 Å². The van der Waals surface area contributed by atoms with Crippen LogP contribution in [0.15, 0.2) is 12.7 Å². The van der Waals surface area contributed by atoms with Crippen molar-refractivity contribution in [2.75, 3.05) is 6.26 Å². The molecule has 6 heteroatoms. The van der Waals surface area contributed by atoms with E-state index in [-0.39, 0.29) is 6.42 Å². The van der Waals surface area contributed by atoms with Crippen LogP contribution >= 0.6 is 0 Å². The van der Waals surface area contributed by atoms with Crippen molar-refractivity contribution in [3.05, 3.63) is 12.7 Å². The summed E-state index contributed by atoms with van der Waals surface area (Å²) < 4.78 is 27.7. The van der Waals surface area contributed by atoms with E-state index >= 15 is 0 Å². The van der Waals surface area contributed by atoms with Crippen molar-refractivity contribution in [1.82, 2.24) is 0 Å². The lowest BCUT2D eigenvalue weighted by Crippen LogP contribution is -2.15. The van der Waals surface area contributed by atoms with Gasteiger partial charge in [0.25, 0.3) is 10.1 Å². The zero-order valence-electron chi connectivity index (χ0n) is 15.8. The highest BCUT2D eigenvalue weighted by molar-refractivity contribution is 7.86. The normalized spacial score (nSPS) is 12.8. The van der Waals surface area contributed by atoms with Gasteiger partial charge in [-0.2, -0.15) is 8.42 Å². The Labute approximate surface area is 158 Å². The number of carbonyl (C=O) groups is 1. The molecule has 5 nitrogen and oxygen atoms in total. The molecule has 0 bridgehead atoms. The highest BCUT2D eigenvalue weighted by Crippen LogP contribution is 2.12. The fraction of sp³-hybridized carbons (Fsp3) is 0.650. The van der Waals surface area contributed by atoms with Crippen molar-refractivity contribution in [2.24, 2.45) is 5.92 Å². The molecular weight excluding hydrogens is 352 g/mol. The maximum absolute atomic E-state index is 11.4. The van der Waals surface area contributed by atoms with Gasteiger partial charge in [0, 0.05) is 5.92 Å². The number of rotatable bonds is 13. The summed E-state index contributed by atoms with van der Waals surface area (Å²) in [6.45, 7) is 5.71. The van der Waals surface area contributed by atoms with Gasteiger partial charge in [-0.3, -0.25) is 8.98 Å². The van der Waals surface area contributed by atoms with E-state index in [1.54, 1.807) is 0 Å². The number of aliphatic carboxylic acids is 1. The predicted octanol–water partition coefficient (Wildman–Crippen LogP) is 3.76. The van der Waals surface area contributed by atoms with Gasteiger partial charge < -0.3 is 5.11 Å². The first-order valence-electron chi connectivity index (χ1n) is 9.02. The summed E-state index contributed by atoms with van der Waals surface area (Å²) in [6.07, 6.45) is 9.95. The van der Waals surface area contributed by atoms with Gasteiger partial charge in [-0.25, -0.2) is 0 Å². The Kier molecular flexibility index (Phi) is 13.4. The molecule has 0 rings (SSSR count). The van der Waals surface area contributed by atoms with Crippen LogP contribution < -0.4 is 0 Å². The third-order valence-electron chi connectivity index (χ3n) is 3.59. The molecule has 0 aliphatic rings. The van der Waals surface area contributed by atoms with Gasteiger partial charge in [0.05, 0.1) is 12.7 Å². The lowest BCUT2D eigenvalue weighted by molar-refractivity contribution is -0.137. The van der Waals surface area contributed by atoms with Gasteiger partial charge in [-0.05, 0) is 24.7 Å². The predicted molar refractivity (Wildman–Crippen MR) is 104 cm³/mol. The fourth-order valence-electron chi connectivity index (χ4n) is 2.27. The molecule has 0 saturated heterocycles. The van der Waals surface area contributed by atoms with Crippen molar-refractivity contribution >= 4 is 16.1 Å². The Morgan fingerprint density at radius 2 is 1.69 bits per heavy atom. The maximum atomic E-state index is 11.4. The summed E-state index contributed by atoms with van der Waals surface area (Å²) in [6, 6.07) is 0. The molecule has 0 aliphatic carbocycles. The van der Waals surface area contributed by atoms with Crippen LogP contribution in [0.1, 0.15) is 64.7 Å². The summed E-state index contributed by atoms with van der Waals surface area (Å²) >= 11 is 0. The third-order valence-corrected chi connectivity index (χ3v) is 4.17. The van der Waals surface area contributed by atoms with Crippen molar-refractivity contribution < 1.29 is 22.5 Å². The molecule has 0 aromatic carbocycles. The molecule has 0 unspecified atom stereocenters. The monoisotopic (exact) mass is 382 g/mol. The SMILES string of the molecule is C=C[C@@H](C#CC#C[C@@H](CCCCCCCCC)OS(C)(=O)=O)CC(=O)O. The first kappa shape index (κ1) is 24.2. The minimum atomic E-state index is -3.60. The number of carboxylic acids is 1. The first-order chi connectivity index (χ1) is 12.3. The second-order valence-electron chi connectivity index (χ2n) is 6.18. The van der Waals surface area contributed by atoms with Crippen LogP contribution in [0, 0.1) is 29.6 Å². The number of carboxylic acid groups (broad SMARTS) is 1. The Bertz CT molecular complexity index is 643. The lowest BCUT2D eigenvalue weighted by Gasteiger charge is -2.09. The summed E-state index contributed by atoms with van der Waals surface area (Å²) in [5, 5.41) is 8.74. The molecule has 2 atom stereocenters. The van der Waals surface area contributed by atoms with Crippen LogP contribution in [-0.2, 0) is 19.1 Å². The molecule has 1 N–H and O–H groups in total. The Morgan fingerprint density at radius 3 is 2.23 bits per heavy atom. The minimum absolute atomic E-state index is 0.139. The Hall–Kier alpha value is -1.76. The molecule has 0 amide bonds. The molecule has 0 aromatic rings. The smallest absolute Gasteiger partial charge is 0.304 e. The molecule has 0 radical (unpaired) electrons. The third kappa shape index (κ3) is 15.7. The molecule has 0 heterocycles. The van der Waals surface area contributed by atoms with Gasteiger partial charge in [-0.1, -0.05) is 63.4 Å². The van der Waals surface area contributed by atoms with E-state index in [0.29, 0.717) is 6.42 Å². The summed E-state index contributed by atoms with van der Waals surface area (Å²) in [4.78, 5) is 10.7. The van der Waals surface area contributed by atoms with E-state index in [1.807, 2.05) is 0 Å². The van der Waals surface area contributed by atoms with Crippen molar-refractivity contribution in [2.45, 2.75) is 70.8 Å². The van der Waals surface area contributed by atoms with Crippen LogP contribution in [0.2, 0.25) is 0 Å². The van der Waals surface area contributed by atoms with Gasteiger partial charge >= 0.3 is 5.97 Å². The van der Waals surface area contributed by atoms with E-state index in [2.05, 4.69) is 37.2 Å². The molecule has 0 saturated carbocycles. The fourth-order valence-corrected chi connectivity index (χ4v) is 2.84. The van der Waals surface area contributed by atoms with Crippen molar-refractivity contribution in [3.8, 4) is 23.7 Å². The zero-order valence-corrected chi connectivity index (χ0v) is 16.6. The average Bonchev–Trinajstić information content (AvgIpc) is 2.54. The minimum Gasteiger partial charge on any atom is -0.481 e. The van der Waals surface area contributed by atoms with Gasteiger partial charge in [0.2, 0.25) is 0 Å². The highest BCUT2D eigenvalue weighted by Gasteiger charge is 2.12. The number of allylic oxidation sites excluding steroid dienone is 1.